The van der Waals surface area contributed by atoms with E-state index in [1.54, 1.807) is 42.3 Å². The molecule has 1 spiro atoms. The summed E-state index contributed by atoms with van der Waals surface area (Å²) in [5.74, 6) is -0.0579. The van der Waals surface area contributed by atoms with Crippen LogP contribution in [0.25, 0.3) is 0 Å². The Morgan fingerprint density at radius 1 is 1.13 bits per heavy atom. The summed E-state index contributed by atoms with van der Waals surface area (Å²) in [4.78, 5) is 42.1. The zero-order valence-corrected chi connectivity index (χ0v) is 21.6. The van der Waals surface area contributed by atoms with E-state index in [-0.39, 0.29) is 36.0 Å². The minimum Gasteiger partial charge on any atom is -0.497 e. The molecule has 8 heteroatoms. The van der Waals surface area contributed by atoms with Gasteiger partial charge in [0.05, 0.1) is 13.0 Å². The minimum absolute atomic E-state index is 0.0157. The second-order valence-electron chi connectivity index (χ2n) is 10.2. The average molecular weight is 531 g/mol. The number of hydrogen-bond acceptors (Lipinski definition) is 5. The van der Waals surface area contributed by atoms with Crippen molar-refractivity contribution < 1.29 is 23.9 Å². The SMILES string of the molecule is COc1ccc2c(c1)OC(=O)[C@H]1C[C@@H]3CN([C@@H](C(=O)NCc4ccccc4)c4ccc(Cl)cc4)C(=O)C[C@@]231. The van der Waals surface area contributed by atoms with E-state index < -0.39 is 11.5 Å². The molecule has 0 unspecified atom stereocenters. The molecular weight excluding hydrogens is 504 g/mol. The molecule has 2 heterocycles. The maximum atomic E-state index is 13.9. The Labute approximate surface area is 225 Å². The van der Waals surface area contributed by atoms with Crippen LogP contribution in [-0.4, -0.2) is 36.3 Å². The van der Waals surface area contributed by atoms with Crippen molar-refractivity contribution in [2.45, 2.75) is 30.8 Å². The second-order valence-corrected chi connectivity index (χ2v) is 10.6. The summed E-state index contributed by atoms with van der Waals surface area (Å²) in [5, 5.41) is 3.56. The van der Waals surface area contributed by atoms with Gasteiger partial charge in [-0.15, -0.1) is 0 Å². The number of carbonyl (C=O) groups is 3. The van der Waals surface area contributed by atoms with Crippen LogP contribution in [0.15, 0.2) is 72.8 Å². The van der Waals surface area contributed by atoms with Crippen molar-refractivity contribution in [1.82, 2.24) is 10.2 Å². The predicted octanol–water partition coefficient (Wildman–Crippen LogP) is 4.43. The maximum absolute atomic E-state index is 13.9. The van der Waals surface area contributed by atoms with Gasteiger partial charge in [-0.05, 0) is 41.7 Å². The first-order valence-electron chi connectivity index (χ1n) is 12.7. The number of nitrogens with one attached hydrogen (secondary N) is 1. The normalized spacial score (nSPS) is 24.2. The van der Waals surface area contributed by atoms with Crippen LogP contribution in [0.1, 0.15) is 35.6 Å². The van der Waals surface area contributed by atoms with Gasteiger partial charge in [-0.25, -0.2) is 0 Å². The van der Waals surface area contributed by atoms with E-state index in [2.05, 4.69) is 5.32 Å². The number of halogens is 1. The zero-order valence-electron chi connectivity index (χ0n) is 20.9. The van der Waals surface area contributed by atoms with E-state index in [1.807, 2.05) is 42.5 Å². The van der Waals surface area contributed by atoms with Crippen LogP contribution in [0.5, 0.6) is 11.5 Å². The fourth-order valence-electron chi connectivity index (χ4n) is 6.36. The lowest BCUT2D eigenvalue weighted by Gasteiger charge is -2.61. The number of fused-ring (bicyclic) bond motifs is 1. The molecule has 2 amide bonds. The highest BCUT2D eigenvalue weighted by atomic mass is 35.5. The highest BCUT2D eigenvalue weighted by Crippen LogP contribution is 2.63. The van der Waals surface area contributed by atoms with Crippen LogP contribution < -0.4 is 14.8 Å². The first-order chi connectivity index (χ1) is 18.4. The van der Waals surface area contributed by atoms with Crippen molar-refractivity contribution >= 4 is 29.4 Å². The number of piperidine rings is 1. The van der Waals surface area contributed by atoms with Crippen molar-refractivity contribution in [3.05, 3.63) is 94.5 Å². The molecule has 0 aromatic heterocycles. The lowest BCUT2D eigenvalue weighted by atomic mass is 9.46. The van der Waals surface area contributed by atoms with Crippen LogP contribution in [0, 0.1) is 11.8 Å². The highest BCUT2D eigenvalue weighted by Gasteiger charge is 2.66. The van der Waals surface area contributed by atoms with Crippen LogP contribution in [0.2, 0.25) is 5.02 Å². The Bertz CT molecular complexity index is 1410. The number of methoxy groups -OCH3 is 1. The van der Waals surface area contributed by atoms with Crippen molar-refractivity contribution in [2.24, 2.45) is 11.8 Å². The zero-order chi connectivity index (χ0) is 26.4. The van der Waals surface area contributed by atoms with Gasteiger partial charge in [-0.2, -0.15) is 0 Å². The van der Waals surface area contributed by atoms with E-state index in [0.717, 1.165) is 11.1 Å². The first-order valence-corrected chi connectivity index (χ1v) is 13.1. The van der Waals surface area contributed by atoms with Crippen molar-refractivity contribution in [1.29, 1.82) is 0 Å². The van der Waals surface area contributed by atoms with Gasteiger partial charge in [-0.1, -0.05) is 60.1 Å². The van der Waals surface area contributed by atoms with Gasteiger partial charge < -0.3 is 19.7 Å². The lowest BCUT2D eigenvalue weighted by molar-refractivity contribution is -0.170. The maximum Gasteiger partial charge on any atom is 0.315 e. The summed E-state index contributed by atoms with van der Waals surface area (Å²) in [6.45, 7) is 0.711. The van der Waals surface area contributed by atoms with Gasteiger partial charge in [0, 0.05) is 41.6 Å². The highest BCUT2D eigenvalue weighted by molar-refractivity contribution is 6.30. The Kier molecular flexibility index (Phi) is 6.11. The number of benzene rings is 3. The molecular formula is C30H27ClN2O5. The van der Waals surface area contributed by atoms with Gasteiger partial charge in [0.1, 0.15) is 17.5 Å². The van der Waals surface area contributed by atoms with Gasteiger partial charge in [0.2, 0.25) is 11.8 Å². The third-order valence-electron chi connectivity index (χ3n) is 8.29. The molecule has 1 aliphatic carbocycles. The molecule has 2 aliphatic heterocycles. The molecule has 6 rings (SSSR count). The third-order valence-corrected chi connectivity index (χ3v) is 8.54. The van der Waals surface area contributed by atoms with E-state index in [0.29, 0.717) is 41.6 Å². The van der Waals surface area contributed by atoms with Crippen molar-refractivity contribution in [3.8, 4) is 11.5 Å². The number of rotatable bonds is 6. The molecule has 1 N–H and O–H groups in total. The fraction of sp³-hybridized carbons (Fsp3) is 0.300. The Balaban J connectivity index is 1.32. The fourth-order valence-corrected chi connectivity index (χ4v) is 6.49. The van der Waals surface area contributed by atoms with Gasteiger partial charge >= 0.3 is 5.97 Å². The Morgan fingerprint density at radius 3 is 2.63 bits per heavy atom. The number of amides is 2. The number of esters is 1. The van der Waals surface area contributed by atoms with Gasteiger partial charge in [-0.3, -0.25) is 14.4 Å². The summed E-state index contributed by atoms with van der Waals surface area (Å²) in [5.41, 5.74) is 1.89. The number of ether oxygens (including phenoxy) is 2. The first kappa shape index (κ1) is 24.5. The molecule has 1 saturated heterocycles. The molecule has 0 radical (unpaired) electrons. The molecule has 3 aliphatic rings. The van der Waals surface area contributed by atoms with E-state index in [1.165, 1.54) is 0 Å². The molecule has 1 saturated carbocycles. The van der Waals surface area contributed by atoms with Crippen LogP contribution in [-0.2, 0) is 26.3 Å². The largest absolute Gasteiger partial charge is 0.497 e. The van der Waals surface area contributed by atoms with E-state index in [4.69, 9.17) is 21.1 Å². The number of carbonyl (C=O) groups excluding carboxylic acids is 3. The summed E-state index contributed by atoms with van der Waals surface area (Å²) >= 11 is 6.13. The molecule has 0 bridgehead atoms. The smallest absolute Gasteiger partial charge is 0.315 e. The molecule has 7 nitrogen and oxygen atoms in total. The number of hydrogen-bond donors (Lipinski definition) is 1. The average Bonchev–Trinajstić information content (AvgIpc) is 2.91. The summed E-state index contributed by atoms with van der Waals surface area (Å²) in [6.07, 6.45) is 0.736. The minimum atomic E-state index is -0.814. The summed E-state index contributed by atoms with van der Waals surface area (Å²) in [6, 6.07) is 21.3. The third kappa shape index (κ3) is 3.93. The van der Waals surface area contributed by atoms with Crippen LogP contribution in [0.3, 0.4) is 0 Å². The predicted molar refractivity (Wildman–Crippen MR) is 141 cm³/mol. The number of nitrogens with zero attached hydrogens (tertiary/aromatic N) is 1. The molecule has 194 valence electrons. The lowest BCUT2D eigenvalue weighted by Crippen LogP contribution is -2.67. The van der Waals surface area contributed by atoms with Crippen LogP contribution >= 0.6 is 11.6 Å². The topological polar surface area (TPSA) is 84.9 Å². The standard InChI is InChI=1S/C30H27ClN2O5/c1-37-22-11-12-23-25(14-22)38-29(36)24-13-20-17-33(26(34)15-30(20,23)24)27(19-7-9-21(31)10-8-19)28(35)32-16-18-5-3-2-4-6-18/h2-12,14,20,24,27H,13,15-17H2,1H3,(H,32,35)/t20-,24-,27-,30+/m1/s1. The Morgan fingerprint density at radius 2 is 1.89 bits per heavy atom. The van der Waals surface area contributed by atoms with E-state index >= 15 is 0 Å². The van der Waals surface area contributed by atoms with Gasteiger partial charge in [0.15, 0.2) is 0 Å². The van der Waals surface area contributed by atoms with E-state index in [9.17, 15) is 14.4 Å². The molecule has 3 aromatic carbocycles. The van der Waals surface area contributed by atoms with Crippen molar-refractivity contribution in [3.63, 3.8) is 0 Å². The Hall–Kier alpha value is -3.84. The monoisotopic (exact) mass is 530 g/mol. The van der Waals surface area contributed by atoms with Crippen LogP contribution in [0.4, 0.5) is 0 Å². The number of likely N-dealkylation sites (tertiary alicyclic amines) is 1. The quantitative estimate of drug-likeness (QED) is 0.376. The molecule has 2 fully saturated rings. The van der Waals surface area contributed by atoms with Crippen molar-refractivity contribution in [2.75, 3.05) is 13.7 Å². The molecule has 3 aromatic rings. The summed E-state index contributed by atoms with van der Waals surface area (Å²) < 4.78 is 11.0. The molecule has 4 atom stereocenters. The molecule has 38 heavy (non-hydrogen) atoms. The van der Waals surface area contributed by atoms with Gasteiger partial charge in [0.25, 0.3) is 0 Å². The summed E-state index contributed by atoms with van der Waals surface area (Å²) in [7, 11) is 1.56. The second kappa shape index (κ2) is 9.48.